The summed E-state index contributed by atoms with van der Waals surface area (Å²) in [6.07, 6.45) is 6.94. The van der Waals surface area contributed by atoms with Crippen molar-refractivity contribution in [1.82, 2.24) is 0 Å². The van der Waals surface area contributed by atoms with Gasteiger partial charge in [0.1, 0.15) is 0 Å². The van der Waals surface area contributed by atoms with Crippen LogP contribution in [0, 0.1) is 0 Å². The Labute approximate surface area is 151 Å². The highest BCUT2D eigenvalue weighted by atomic mass is 16.4. The highest BCUT2D eigenvalue weighted by Crippen LogP contribution is 2.08. The van der Waals surface area contributed by atoms with Crippen LogP contribution in [0.1, 0.15) is 51.4 Å². The summed E-state index contributed by atoms with van der Waals surface area (Å²) in [5.74, 6) is -3.99. The Kier molecular flexibility index (Phi) is 24.6. The molecule has 0 spiro atoms. The molecule has 0 amide bonds. The van der Waals surface area contributed by atoms with Gasteiger partial charge in [-0.2, -0.15) is 0 Å². The number of carboxylic acid groups (broad SMARTS) is 4. The molecule has 0 aromatic carbocycles. The third-order valence-electron chi connectivity index (χ3n) is 2.50. The van der Waals surface area contributed by atoms with Crippen molar-refractivity contribution in [3.8, 4) is 0 Å². The lowest BCUT2D eigenvalue weighted by molar-refractivity contribution is -0.138. The minimum Gasteiger partial charge on any atom is -0.481 e. The van der Waals surface area contributed by atoms with Crippen LogP contribution in [0.5, 0.6) is 0 Å². The van der Waals surface area contributed by atoms with Crippen LogP contribution in [-0.2, 0) is 19.2 Å². The Morgan fingerprint density at radius 2 is 0.808 bits per heavy atom. The fourth-order valence-electron chi connectivity index (χ4n) is 1.40. The molecule has 0 atom stereocenters. The topological polar surface area (TPSA) is 190 Å². The summed E-state index contributed by atoms with van der Waals surface area (Å²) in [5.41, 5.74) is 0. The van der Waals surface area contributed by atoms with E-state index in [4.69, 9.17) is 30.6 Å². The fraction of sp³-hybridized carbons (Fsp3) is 0.625. The Hall–Kier alpha value is -2.46. The van der Waals surface area contributed by atoms with Gasteiger partial charge < -0.3 is 30.6 Å². The first-order chi connectivity index (χ1) is 12.2. The van der Waals surface area contributed by atoms with Crippen LogP contribution in [0.2, 0.25) is 0 Å². The van der Waals surface area contributed by atoms with Gasteiger partial charge in [0, 0.05) is 25.0 Å². The van der Waals surface area contributed by atoms with E-state index >= 15 is 0 Å². The number of carboxylic acids is 4. The minimum atomic E-state index is -1.26. The standard InChI is InChI=1S/C10H18O4.C4H4O4.C2H6O2/c11-9(12)7-5-3-1-2-4-6-8-10(13)14;5-3(6)1-2-4(7)8;3-1-2-4/h1-8H2,(H,11,12)(H,13,14);1-2H,(H,5,6)(H,7,8);3-4H,1-2H2. The Bertz CT molecular complexity index is 379. The number of carbonyl (C=O) groups is 4. The van der Waals surface area contributed by atoms with Crippen molar-refractivity contribution in [2.75, 3.05) is 13.2 Å². The summed E-state index contributed by atoms with van der Waals surface area (Å²) in [4.78, 5) is 39.4. The van der Waals surface area contributed by atoms with Crippen LogP contribution in [0.3, 0.4) is 0 Å². The van der Waals surface area contributed by atoms with Gasteiger partial charge in [0.25, 0.3) is 0 Å². The van der Waals surface area contributed by atoms with E-state index in [9.17, 15) is 19.2 Å². The lowest BCUT2D eigenvalue weighted by atomic mass is 10.1. The molecule has 0 aromatic rings. The van der Waals surface area contributed by atoms with Crippen molar-refractivity contribution in [2.45, 2.75) is 51.4 Å². The molecular formula is C16H28O10. The summed E-state index contributed by atoms with van der Waals surface area (Å²) in [6, 6.07) is 0. The zero-order chi connectivity index (χ0) is 20.8. The van der Waals surface area contributed by atoms with E-state index in [-0.39, 0.29) is 26.1 Å². The fourth-order valence-corrected chi connectivity index (χ4v) is 1.40. The average Bonchev–Trinajstić information content (AvgIpc) is 2.55. The number of hydrogen-bond acceptors (Lipinski definition) is 6. The molecule has 0 heterocycles. The first kappa shape index (κ1) is 28.3. The second-order valence-electron chi connectivity index (χ2n) is 4.87. The molecule has 0 aliphatic heterocycles. The third kappa shape index (κ3) is 43.0. The minimum absolute atomic E-state index is 0.125. The first-order valence-electron chi connectivity index (χ1n) is 7.96. The van der Waals surface area contributed by atoms with Gasteiger partial charge in [-0.05, 0) is 12.8 Å². The highest BCUT2D eigenvalue weighted by Gasteiger charge is 1.98. The second kappa shape index (κ2) is 22.5. The van der Waals surface area contributed by atoms with Gasteiger partial charge in [-0.15, -0.1) is 0 Å². The molecule has 0 fully saturated rings. The van der Waals surface area contributed by atoms with Crippen LogP contribution in [0.15, 0.2) is 12.2 Å². The molecule has 0 saturated heterocycles. The molecule has 0 saturated carbocycles. The molecule has 0 aromatic heterocycles. The Morgan fingerprint density at radius 3 is 1.00 bits per heavy atom. The number of rotatable bonds is 12. The number of hydrogen-bond donors (Lipinski definition) is 6. The monoisotopic (exact) mass is 380 g/mol. The number of unbranched alkanes of at least 4 members (excludes halogenated alkanes) is 5. The normalized spacial score (nSPS) is 9.46. The number of aliphatic carboxylic acids is 4. The summed E-state index contributed by atoms with van der Waals surface area (Å²) in [6.45, 7) is -0.250. The number of aliphatic hydroxyl groups is 2. The largest absolute Gasteiger partial charge is 0.481 e. The SMILES string of the molecule is O=C(O)C=CC(=O)O.O=C(O)CCCCCCCCC(=O)O.OCCO. The van der Waals surface area contributed by atoms with E-state index in [1.54, 1.807) is 0 Å². The van der Waals surface area contributed by atoms with Crippen LogP contribution in [0.25, 0.3) is 0 Å². The third-order valence-corrected chi connectivity index (χ3v) is 2.50. The summed E-state index contributed by atoms with van der Waals surface area (Å²) in [7, 11) is 0. The predicted molar refractivity (Wildman–Crippen MR) is 90.8 cm³/mol. The zero-order valence-electron chi connectivity index (χ0n) is 14.5. The molecule has 152 valence electrons. The molecular weight excluding hydrogens is 352 g/mol. The molecule has 0 aliphatic rings. The maximum atomic E-state index is 10.1. The van der Waals surface area contributed by atoms with Gasteiger partial charge in [-0.1, -0.05) is 25.7 Å². The van der Waals surface area contributed by atoms with E-state index in [1.807, 2.05) is 0 Å². The van der Waals surface area contributed by atoms with Crippen LogP contribution in [-0.4, -0.2) is 67.7 Å². The summed E-state index contributed by atoms with van der Waals surface area (Å²) in [5, 5.41) is 47.6. The maximum Gasteiger partial charge on any atom is 0.328 e. The average molecular weight is 380 g/mol. The van der Waals surface area contributed by atoms with Gasteiger partial charge in [0.05, 0.1) is 13.2 Å². The highest BCUT2D eigenvalue weighted by molar-refractivity contribution is 5.89. The molecule has 0 unspecified atom stereocenters. The van der Waals surface area contributed by atoms with Gasteiger partial charge in [0.2, 0.25) is 0 Å². The van der Waals surface area contributed by atoms with Crippen LogP contribution in [0.4, 0.5) is 0 Å². The van der Waals surface area contributed by atoms with Crippen molar-refractivity contribution in [3.63, 3.8) is 0 Å². The van der Waals surface area contributed by atoms with Gasteiger partial charge in [-0.25, -0.2) is 9.59 Å². The molecule has 0 radical (unpaired) electrons. The van der Waals surface area contributed by atoms with Crippen molar-refractivity contribution >= 4 is 23.9 Å². The Morgan fingerprint density at radius 1 is 0.538 bits per heavy atom. The van der Waals surface area contributed by atoms with E-state index in [0.717, 1.165) is 38.5 Å². The number of aliphatic hydroxyl groups excluding tert-OH is 2. The van der Waals surface area contributed by atoms with Crippen molar-refractivity contribution < 1.29 is 49.8 Å². The van der Waals surface area contributed by atoms with Gasteiger partial charge >= 0.3 is 23.9 Å². The van der Waals surface area contributed by atoms with E-state index in [0.29, 0.717) is 12.2 Å². The Balaban J connectivity index is -0.000000370. The molecule has 10 nitrogen and oxygen atoms in total. The molecule has 0 aliphatic carbocycles. The molecule has 0 bridgehead atoms. The van der Waals surface area contributed by atoms with Crippen molar-refractivity contribution in [3.05, 3.63) is 12.2 Å². The summed E-state index contributed by atoms with van der Waals surface area (Å²) < 4.78 is 0. The zero-order valence-corrected chi connectivity index (χ0v) is 14.5. The second-order valence-corrected chi connectivity index (χ2v) is 4.87. The molecule has 10 heteroatoms. The van der Waals surface area contributed by atoms with Crippen molar-refractivity contribution in [1.29, 1.82) is 0 Å². The van der Waals surface area contributed by atoms with E-state index < -0.39 is 23.9 Å². The van der Waals surface area contributed by atoms with E-state index in [2.05, 4.69) is 0 Å². The van der Waals surface area contributed by atoms with Crippen molar-refractivity contribution in [2.24, 2.45) is 0 Å². The quantitative estimate of drug-likeness (QED) is 0.210. The van der Waals surface area contributed by atoms with Crippen LogP contribution < -0.4 is 0 Å². The smallest absolute Gasteiger partial charge is 0.328 e. The summed E-state index contributed by atoms with van der Waals surface area (Å²) >= 11 is 0. The molecule has 26 heavy (non-hydrogen) atoms. The molecule has 0 rings (SSSR count). The van der Waals surface area contributed by atoms with Gasteiger partial charge in [0.15, 0.2) is 0 Å². The van der Waals surface area contributed by atoms with E-state index in [1.165, 1.54) is 0 Å². The first-order valence-corrected chi connectivity index (χ1v) is 7.96. The maximum absolute atomic E-state index is 10.1. The lowest BCUT2D eigenvalue weighted by Crippen LogP contribution is -1.94. The predicted octanol–water partition coefficient (Wildman–Crippen LogP) is 0.959. The molecule has 6 N–H and O–H groups in total. The van der Waals surface area contributed by atoms with Gasteiger partial charge in [-0.3, -0.25) is 9.59 Å². The lowest BCUT2D eigenvalue weighted by Gasteiger charge is -1.98. The van der Waals surface area contributed by atoms with Crippen LogP contribution >= 0.6 is 0 Å².